The highest BCUT2D eigenvalue weighted by Gasteiger charge is 2.11. The van der Waals surface area contributed by atoms with Crippen LogP contribution in [0.15, 0.2) is 48.5 Å². The highest BCUT2D eigenvalue weighted by atomic mass is 127. The Morgan fingerprint density at radius 2 is 1.95 bits per heavy atom. The molecule has 0 unspecified atom stereocenters. The van der Waals surface area contributed by atoms with Crippen LogP contribution in [0.1, 0.15) is 15.9 Å². The molecule has 0 aliphatic rings. The van der Waals surface area contributed by atoms with Crippen LogP contribution in [0.2, 0.25) is 0 Å². The summed E-state index contributed by atoms with van der Waals surface area (Å²) in [7, 11) is 0. The fourth-order valence-electron chi connectivity index (χ4n) is 1.69. The van der Waals surface area contributed by atoms with Crippen molar-refractivity contribution in [3.8, 4) is 6.07 Å². The van der Waals surface area contributed by atoms with Gasteiger partial charge in [0.2, 0.25) is 0 Å². The van der Waals surface area contributed by atoms with Crippen molar-refractivity contribution in [2.75, 3.05) is 11.9 Å². The van der Waals surface area contributed by atoms with E-state index >= 15 is 0 Å². The van der Waals surface area contributed by atoms with E-state index in [0.29, 0.717) is 11.3 Å². The average Bonchev–Trinajstić information content (AvgIpc) is 2.52. The maximum atomic E-state index is 11.8. The van der Waals surface area contributed by atoms with Crippen LogP contribution in [0, 0.1) is 14.9 Å². The number of nitrogens with zero attached hydrogens (tertiary/aromatic N) is 1. The number of esters is 1. The van der Waals surface area contributed by atoms with Gasteiger partial charge in [0.1, 0.15) is 0 Å². The highest BCUT2D eigenvalue weighted by Crippen LogP contribution is 2.12. The Bertz CT molecular complexity index is 753. The SMILES string of the molecule is N#Cc1cccc(C(=O)OCC(=O)Nc2cccc(I)c2)c1. The van der Waals surface area contributed by atoms with E-state index in [0.717, 1.165) is 3.57 Å². The minimum Gasteiger partial charge on any atom is -0.452 e. The standard InChI is InChI=1S/C16H11IN2O3/c17-13-5-2-6-14(8-13)19-15(20)10-22-16(21)12-4-1-3-11(7-12)9-18/h1-8H,10H2,(H,19,20). The van der Waals surface area contributed by atoms with Gasteiger partial charge in [-0.3, -0.25) is 4.79 Å². The molecule has 5 nitrogen and oxygen atoms in total. The van der Waals surface area contributed by atoms with Crippen molar-refractivity contribution in [1.29, 1.82) is 5.26 Å². The van der Waals surface area contributed by atoms with Crippen LogP contribution in [-0.2, 0) is 9.53 Å². The number of hydrogen-bond acceptors (Lipinski definition) is 4. The number of hydrogen-bond donors (Lipinski definition) is 1. The lowest BCUT2D eigenvalue weighted by Gasteiger charge is -2.07. The molecule has 0 aliphatic carbocycles. The zero-order chi connectivity index (χ0) is 15.9. The van der Waals surface area contributed by atoms with Gasteiger partial charge in [-0.05, 0) is 59.0 Å². The molecule has 0 spiro atoms. The molecule has 0 aliphatic heterocycles. The van der Waals surface area contributed by atoms with Crippen molar-refractivity contribution in [2.24, 2.45) is 0 Å². The second-order valence-electron chi connectivity index (χ2n) is 4.33. The molecule has 0 radical (unpaired) electrons. The molecule has 0 fully saturated rings. The van der Waals surface area contributed by atoms with E-state index in [4.69, 9.17) is 10.00 Å². The second-order valence-corrected chi connectivity index (χ2v) is 5.57. The molecule has 1 N–H and O–H groups in total. The molecule has 1 amide bonds. The van der Waals surface area contributed by atoms with Gasteiger partial charge in [-0.15, -0.1) is 0 Å². The molecule has 0 aromatic heterocycles. The Hall–Kier alpha value is -2.40. The number of carbonyl (C=O) groups excluding carboxylic acids is 2. The van der Waals surface area contributed by atoms with Crippen molar-refractivity contribution >= 4 is 40.2 Å². The van der Waals surface area contributed by atoms with E-state index in [1.807, 2.05) is 18.2 Å². The summed E-state index contributed by atoms with van der Waals surface area (Å²) in [4.78, 5) is 23.6. The molecule has 110 valence electrons. The maximum absolute atomic E-state index is 11.8. The topological polar surface area (TPSA) is 79.2 Å². The van der Waals surface area contributed by atoms with Crippen LogP contribution in [0.25, 0.3) is 0 Å². The van der Waals surface area contributed by atoms with Gasteiger partial charge in [-0.25, -0.2) is 4.79 Å². The van der Waals surface area contributed by atoms with Gasteiger partial charge in [-0.1, -0.05) is 12.1 Å². The van der Waals surface area contributed by atoms with E-state index in [-0.39, 0.29) is 12.2 Å². The number of nitriles is 1. The van der Waals surface area contributed by atoms with Crippen LogP contribution in [0.5, 0.6) is 0 Å². The van der Waals surface area contributed by atoms with Crippen LogP contribution in [0.4, 0.5) is 5.69 Å². The smallest absolute Gasteiger partial charge is 0.338 e. The van der Waals surface area contributed by atoms with Crippen molar-refractivity contribution in [3.63, 3.8) is 0 Å². The lowest BCUT2D eigenvalue weighted by atomic mass is 10.1. The summed E-state index contributed by atoms with van der Waals surface area (Å²) in [6.45, 7) is -0.388. The molecule has 0 bridgehead atoms. The number of benzene rings is 2. The van der Waals surface area contributed by atoms with E-state index in [1.165, 1.54) is 12.1 Å². The van der Waals surface area contributed by atoms with Crippen molar-refractivity contribution in [2.45, 2.75) is 0 Å². The first kappa shape index (κ1) is 16.0. The van der Waals surface area contributed by atoms with E-state index in [9.17, 15) is 9.59 Å². The van der Waals surface area contributed by atoms with Gasteiger partial charge in [0.25, 0.3) is 5.91 Å². The Morgan fingerprint density at radius 1 is 1.18 bits per heavy atom. The first-order valence-electron chi connectivity index (χ1n) is 6.31. The predicted octanol–water partition coefficient (Wildman–Crippen LogP) is 2.96. The zero-order valence-electron chi connectivity index (χ0n) is 11.4. The molecule has 2 rings (SSSR count). The van der Waals surface area contributed by atoms with E-state index in [1.54, 1.807) is 24.3 Å². The predicted molar refractivity (Wildman–Crippen MR) is 89.2 cm³/mol. The molecule has 0 saturated carbocycles. The molecule has 6 heteroatoms. The minimum atomic E-state index is -0.644. The van der Waals surface area contributed by atoms with Crippen LogP contribution >= 0.6 is 22.6 Å². The number of halogens is 1. The summed E-state index contributed by atoms with van der Waals surface area (Å²) in [6, 6.07) is 15.3. The highest BCUT2D eigenvalue weighted by molar-refractivity contribution is 14.1. The maximum Gasteiger partial charge on any atom is 0.338 e. The van der Waals surface area contributed by atoms with Crippen molar-refractivity contribution in [1.82, 2.24) is 0 Å². The van der Waals surface area contributed by atoms with Crippen LogP contribution < -0.4 is 5.32 Å². The fourth-order valence-corrected chi connectivity index (χ4v) is 2.24. The van der Waals surface area contributed by atoms with Gasteiger partial charge >= 0.3 is 5.97 Å². The molecule has 22 heavy (non-hydrogen) atoms. The molecule has 0 saturated heterocycles. The average molecular weight is 406 g/mol. The number of amides is 1. The van der Waals surface area contributed by atoms with Crippen molar-refractivity contribution in [3.05, 3.63) is 63.2 Å². The summed E-state index contributed by atoms with van der Waals surface area (Å²) >= 11 is 2.14. The molecule has 2 aromatic rings. The molecular weight excluding hydrogens is 395 g/mol. The van der Waals surface area contributed by atoms with Crippen LogP contribution in [-0.4, -0.2) is 18.5 Å². The van der Waals surface area contributed by atoms with Gasteiger partial charge in [0.15, 0.2) is 6.61 Å². The van der Waals surface area contributed by atoms with Crippen LogP contribution in [0.3, 0.4) is 0 Å². The summed E-state index contributed by atoms with van der Waals surface area (Å²) in [5.41, 5.74) is 1.23. The quantitative estimate of drug-likeness (QED) is 0.626. The molecular formula is C16H11IN2O3. The third-order valence-electron chi connectivity index (χ3n) is 2.67. The second kappa shape index (κ2) is 7.56. The third-order valence-corrected chi connectivity index (χ3v) is 3.34. The number of rotatable bonds is 4. The first-order chi connectivity index (χ1) is 10.6. The summed E-state index contributed by atoms with van der Waals surface area (Å²) in [5, 5.41) is 11.4. The summed E-state index contributed by atoms with van der Waals surface area (Å²) in [6.07, 6.45) is 0. The first-order valence-corrected chi connectivity index (χ1v) is 7.39. The molecule has 2 aromatic carbocycles. The Labute approximate surface area is 141 Å². The van der Waals surface area contributed by atoms with Gasteiger partial charge in [0.05, 0.1) is 17.2 Å². The zero-order valence-corrected chi connectivity index (χ0v) is 13.5. The summed E-state index contributed by atoms with van der Waals surface area (Å²) in [5.74, 6) is -1.07. The minimum absolute atomic E-state index is 0.237. The number of anilines is 1. The Morgan fingerprint density at radius 3 is 2.68 bits per heavy atom. The normalized spacial score (nSPS) is 9.64. The lowest BCUT2D eigenvalue weighted by Crippen LogP contribution is -2.21. The molecule has 0 heterocycles. The molecule has 0 atom stereocenters. The number of ether oxygens (including phenoxy) is 1. The van der Waals surface area contributed by atoms with Crippen molar-refractivity contribution < 1.29 is 14.3 Å². The Balaban J connectivity index is 1.90. The summed E-state index contributed by atoms with van der Waals surface area (Å²) < 4.78 is 5.92. The third kappa shape index (κ3) is 4.56. The van der Waals surface area contributed by atoms with E-state index < -0.39 is 11.9 Å². The van der Waals surface area contributed by atoms with Gasteiger partial charge in [0, 0.05) is 9.26 Å². The lowest BCUT2D eigenvalue weighted by molar-refractivity contribution is -0.119. The number of carbonyl (C=O) groups is 2. The monoisotopic (exact) mass is 406 g/mol. The van der Waals surface area contributed by atoms with Gasteiger partial charge in [-0.2, -0.15) is 5.26 Å². The number of nitrogens with one attached hydrogen (secondary N) is 1. The van der Waals surface area contributed by atoms with Gasteiger partial charge < -0.3 is 10.1 Å². The van der Waals surface area contributed by atoms with E-state index in [2.05, 4.69) is 27.9 Å². The Kier molecular flexibility index (Phi) is 5.49. The largest absolute Gasteiger partial charge is 0.452 e. The fraction of sp³-hybridized carbons (Fsp3) is 0.0625.